The second-order valence-electron chi connectivity index (χ2n) is 9.11. The van der Waals surface area contributed by atoms with E-state index in [1.54, 1.807) is 23.1 Å². The molecule has 0 radical (unpaired) electrons. The molecule has 3 aromatic rings. The van der Waals surface area contributed by atoms with Crippen LogP contribution in [0.4, 0.5) is 15.8 Å². The van der Waals surface area contributed by atoms with Gasteiger partial charge in [0, 0.05) is 55.8 Å². The molecule has 1 aliphatic rings. The number of hydrogen-bond donors (Lipinski definition) is 1. The average Bonchev–Trinajstić information content (AvgIpc) is 2.88. The van der Waals surface area contributed by atoms with Crippen LogP contribution in [-0.2, 0) is 14.6 Å². The Morgan fingerprint density at radius 1 is 0.919 bits per heavy atom. The molecule has 0 saturated carbocycles. The van der Waals surface area contributed by atoms with Crippen LogP contribution in [0, 0.1) is 5.82 Å². The minimum absolute atomic E-state index is 0.0117. The van der Waals surface area contributed by atoms with E-state index in [0.717, 1.165) is 24.1 Å². The highest BCUT2D eigenvalue weighted by Gasteiger charge is 2.26. The molecule has 0 bridgehead atoms. The summed E-state index contributed by atoms with van der Waals surface area (Å²) in [5.41, 5.74) is 3.20. The van der Waals surface area contributed by atoms with E-state index < -0.39 is 15.7 Å². The van der Waals surface area contributed by atoms with Gasteiger partial charge in [0.15, 0.2) is 9.84 Å². The van der Waals surface area contributed by atoms with Crippen LogP contribution in [0.15, 0.2) is 71.6 Å². The zero-order valence-corrected chi connectivity index (χ0v) is 21.7. The Labute approximate surface area is 216 Å². The summed E-state index contributed by atoms with van der Waals surface area (Å²) >= 11 is 0. The number of hydrogen-bond acceptors (Lipinski definition) is 5. The first-order valence-corrected chi connectivity index (χ1v) is 14.1. The molecule has 4 rings (SSSR count). The molecule has 0 aromatic heterocycles. The number of nitrogens with one attached hydrogen (secondary N) is 1. The molecule has 2 amide bonds. The van der Waals surface area contributed by atoms with E-state index in [1.807, 2.05) is 31.2 Å². The van der Waals surface area contributed by atoms with E-state index in [1.165, 1.54) is 24.3 Å². The van der Waals surface area contributed by atoms with Gasteiger partial charge in [0.1, 0.15) is 5.82 Å². The third kappa shape index (κ3) is 6.35. The number of piperazine rings is 1. The fraction of sp³-hybridized carbons (Fsp3) is 0.286. The third-order valence-corrected chi connectivity index (χ3v) is 7.48. The zero-order valence-electron chi connectivity index (χ0n) is 20.9. The van der Waals surface area contributed by atoms with Gasteiger partial charge in [-0.3, -0.25) is 9.59 Å². The second kappa shape index (κ2) is 11.1. The second-order valence-corrected chi connectivity index (χ2v) is 11.1. The van der Waals surface area contributed by atoms with Gasteiger partial charge in [-0.1, -0.05) is 25.1 Å². The first kappa shape index (κ1) is 26.3. The van der Waals surface area contributed by atoms with Crippen LogP contribution in [0.5, 0.6) is 0 Å². The molecule has 0 aliphatic carbocycles. The standard InChI is InChI=1S/C28H30FN3O4S/c1-3-4-27(33)30-22-9-11-23(12-10-22)31-15-17-32(18-16-31)28(34)26-19-24(37(2,35)36)13-14-25(26)20-5-7-21(29)8-6-20/h5-14,19H,3-4,15-18H2,1-2H3,(H,30,33). The highest BCUT2D eigenvalue weighted by atomic mass is 32.2. The first-order chi connectivity index (χ1) is 17.7. The van der Waals surface area contributed by atoms with Gasteiger partial charge < -0.3 is 15.1 Å². The van der Waals surface area contributed by atoms with Crippen molar-refractivity contribution in [1.29, 1.82) is 0 Å². The van der Waals surface area contributed by atoms with Crippen molar-refractivity contribution in [3.05, 3.63) is 78.1 Å². The van der Waals surface area contributed by atoms with E-state index >= 15 is 0 Å². The number of carbonyl (C=O) groups excluding carboxylic acids is 2. The summed E-state index contributed by atoms with van der Waals surface area (Å²) in [5, 5.41) is 2.88. The number of sulfone groups is 1. The van der Waals surface area contributed by atoms with Gasteiger partial charge in [0.05, 0.1) is 4.90 Å². The quantitative estimate of drug-likeness (QED) is 0.489. The molecule has 0 unspecified atom stereocenters. The average molecular weight is 524 g/mol. The van der Waals surface area contributed by atoms with Crippen LogP contribution in [0.25, 0.3) is 11.1 Å². The predicted molar refractivity (Wildman–Crippen MR) is 143 cm³/mol. The molecule has 0 atom stereocenters. The van der Waals surface area contributed by atoms with Gasteiger partial charge in [-0.15, -0.1) is 0 Å². The molecular weight excluding hydrogens is 493 g/mol. The zero-order chi connectivity index (χ0) is 26.6. The monoisotopic (exact) mass is 523 g/mol. The fourth-order valence-corrected chi connectivity index (χ4v) is 5.00. The van der Waals surface area contributed by atoms with Gasteiger partial charge in [-0.2, -0.15) is 0 Å². The van der Waals surface area contributed by atoms with Crippen LogP contribution in [0.2, 0.25) is 0 Å². The lowest BCUT2D eigenvalue weighted by Gasteiger charge is -2.36. The van der Waals surface area contributed by atoms with Crippen molar-refractivity contribution in [2.24, 2.45) is 0 Å². The molecule has 0 spiro atoms. The van der Waals surface area contributed by atoms with Crippen molar-refractivity contribution < 1.29 is 22.4 Å². The topological polar surface area (TPSA) is 86.8 Å². The highest BCUT2D eigenvalue weighted by molar-refractivity contribution is 7.90. The summed E-state index contributed by atoms with van der Waals surface area (Å²) in [6, 6.07) is 17.9. The number of rotatable bonds is 7. The van der Waals surface area contributed by atoms with Crippen LogP contribution in [-0.4, -0.2) is 57.6 Å². The predicted octanol–water partition coefficient (Wildman–Crippen LogP) is 4.60. The van der Waals surface area contributed by atoms with Gasteiger partial charge in [-0.05, 0) is 66.1 Å². The van der Waals surface area contributed by atoms with Crippen molar-refractivity contribution in [2.75, 3.05) is 42.7 Å². The number of halogens is 1. The fourth-order valence-electron chi connectivity index (χ4n) is 4.36. The van der Waals surface area contributed by atoms with Crippen molar-refractivity contribution in [3.8, 4) is 11.1 Å². The molecular formula is C28H30FN3O4S. The molecule has 1 heterocycles. The number of nitrogens with zero attached hydrogens (tertiary/aromatic N) is 2. The molecule has 1 saturated heterocycles. The molecule has 9 heteroatoms. The number of anilines is 2. The summed E-state index contributed by atoms with van der Waals surface area (Å²) in [7, 11) is -3.52. The van der Waals surface area contributed by atoms with E-state index in [4.69, 9.17) is 0 Å². The molecule has 37 heavy (non-hydrogen) atoms. The van der Waals surface area contributed by atoms with Gasteiger partial charge in [0.25, 0.3) is 5.91 Å². The Hall–Kier alpha value is -3.72. The van der Waals surface area contributed by atoms with Crippen molar-refractivity contribution in [1.82, 2.24) is 4.90 Å². The van der Waals surface area contributed by atoms with Crippen LogP contribution >= 0.6 is 0 Å². The maximum absolute atomic E-state index is 13.6. The van der Waals surface area contributed by atoms with E-state index in [9.17, 15) is 22.4 Å². The Kier molecular flexibility index (Phi) is 7.92. The lowest BCUT2D eigenvalue weighted by molar-refractivity contribution is -0.116. The molecule has 3 aromatic carbocycles. The van der Waals surface area contributed by atoms with E-state index in [-0.39, 0.29) is 22.3 Å². The van der Waals surface area contributed by atoms with Gasteiger partial charge >= 0.3 is 0 Å². The van der Waals surface area contributed by atoms with Crippen molar-refractivity contribution in [2.45, 2.75) is 24.7 Å². The number of benzene rings is 3. The summed E-state index contributed by atoms with van der Waals surface area (Å²) in [6.45, 7) is 4.08. The molecule has 1 aliphatic heterocycles. The number of carbonyl (C=O) groups is 2. The minimum Gasteiger partial charge on any atom is -0.368 e. The summed E-state index contributed by atoms with van der Waals surface area (Å²) in [6.07, 6.45) is 2.37. The van der Waals surface area contributed by atoms with Crippen LogP contribution in [0.3, 0.4) is 0 Å². The first-order valence-electron chi connectivity index (χ1n) is 12.2. The largest absolute Gasteiger partial charge is 0.368 e. The van der Waals surface area contributed by atoms with Crippen molar-refractivity contribution in [3.63, 3.8) is 0 Å². The van der Waals surface area contributed by atoms with E-state index in [0.29, 0.717) is 43.7 Å². The van der Waals surface area contributed by atoms with Gasteiger partial charge in [0.2, 0.25) is 5.91 Å². The van der Waals surface area contributed by atoms with Gasteiger partial charge in [-0.25, -0.2) is 12.8 Å². The Bertz CT molecular complexity index is 1380. The summed E-state index contributed by atoms with van der Waals surface area (Å²) in [5.74, 6) is -0.669. The Morgan fingerprint density at radius 3 is 2.16 bits per heavy atom. The van der Waals surface area contributed by atoms with E-state index in [2.05, 4.69) is 10.2 Å². The van der Waals surface area contributed by atoms with Crippen LogP contribution in [0.1, 0.15) is 30.1 Å². The van der Waals surface area contributed by atoms with Crippen molar-refractivity contribution >= 4 is 33.0 Å². The minimum atomic E-state index is -3.52. The lowest BCUT2D eigenvalue weighted by Crippen LogP contribution is -2.48. The summed E-state index contributed by atoms with van der Waals surface area (Å²) < 4.78 is 37.9. The lowest BCUT2D eigenvalue weighted by atomic mass is 9.98. The maximum atomic E-state index is 13.6. The SMILES string of the molecule is CCCC(=O)Nc1ccc(N2CCN(C(=O)c3cc(S(C)(=O)=O)ccc3-c3ccc(F)cc3)CC2)cc1. The number of amides is 2. The van der Waals surface area contributed by atoms with Crippen LogP contribution < -0.4 is 10.2 Å². The summed E-state index contributed by atoms with van der Waals surface area (Å²) in [4.78, 5) is 29.3. The third-order valence-electron chi connectivity index (χ3n) is 6.36. The molecule has 194 valence electrons. The Morgan fingerprint density at radius 2 is 1.57 bits per heavy atom. The molecule has 7 nitrogen and oxygen atoms in total. The maximum Gasteiger partial charge on any atom is 0.254 e. The highest BCUT2D eigenvalue weighted by Crippen LogP contribution is 2.29. The smallest absolute Gasteiger partial charge is 0.254 e. The Balaban J connectivity index is 1.50. The molecule has 1 N–H and O–H groups in total. The normalized spacial score (nSPS) is 13.9. The molecule has 1 fully saturated rings.